The molecule has 0 aromatic rings. The van der Waals surface area contributed by atoms with Gasteiger partial charge in [0.15, 0.2) is 12.6 Å². The van der Waals surface area contributed by atoms with Crippen molar-refractivity contribution in [3.63, 3.8) is 0 Å². The lowest BCUT2D eigenvalue weighted by Gasteiger charge is -2.41. The van der Waals surface area contributed by atoms with Crippen molar-refractivity contribution in [2.24, 2.45) is 0 Å². The molecule has 0 aromatic heterocycles. The third-order valence-electron chi connectivity index (χ3n) is 3.96. The predicted octanol–water partition coefficient (Wildman–Crippen LogP) is -5.40. The Balaban J connectivity index is 1.94. The highest BCUT2D eigenvalue weighted by molar-refractivity contribution is 4.91. The zero-order chi connectivity index (χ0) is 17.3. The van der Waals surface area contributed by atoms with Crippen LogP contribution in [0.3, 0.4) is 0 Å². The van der Waals surface area contributed by atoms with Gasteiger partial charge in [-0.3, -0.25) is 0 Å². The van der Waals surface area contributed by atoms with Gasteiger partial charge in [0.1, 0.15) is 48.8 Å². The summed E-state index contributed by atoms with van der Waals surface area (Å²) in [6.45, 7) is -1.10. The van der Waals surface area contributed by atoms with Crippen LogP contribution in [0.2, 0.25) is 0 Å². The van der Waals surface area contributed by atoms with E-state index in [1.165, 1.54) is 0 Å². The van der Waals surface area contributed by atoms with Crippen molar-refractivity contribution in [1.29, 1.82) is 0 Å². The Morgan fingerprint density at radius 3 is 1.83 bits per heavy atom. The van der Waals surface area contributed by atoms with Gasteiger partial charge in [0.2, 0.25) is 0 Å². The minimum absolute atomic E-state index is 0.468. The molecule has 2 rings (SSSR count). The first-order chi connectivity index (χ1) is 10.8. The number of aliphatic hydroxyl groups excluding tert-OH is 8. The molecule has 2 saturated heterocycles. The lowest BCUT2D eigenvalue weighted by molar-refractivity contribution is -0.325. The molecule has 2 aliphatic heterocycles. The van der Waals surface area contributed by atoms with E-state index in [0.717, 1.165) is 0 Å². The second-order valence-electron chi connectivity index (χ2n) is 5.57. The van der Waals surface area contributed by atoms with Crippen molar-refractivity contribution in [3.8, 4) is 0 Å². The molecule has 2 aliphatic rings. The molecule has 0 bridgehead atoms. The van der Waals surface area contributed by atoms with Crippen LogP contribution in [0, 0.1) is 0 Å². The molecule has 0 radical (unpaired) electrons. The van der Waals surface area contributed by atoms with E-state index in [1.54, 1.807) is 0 Å². The van der Waals surface area contributed by atoms with E-state index in [9.17, 15) is 35.7 Å². The summed E-state index contributed by atoms with van der Waals surface area (Å²) in [5.41, 5.74) is 0. The predicted molar refractivity (Wildman–Crippen MR) is 68.6 cm³/mol. The van der Waals surface area contributed by atoms with E-state index in [4.69, 9.17) is 19.3 Å². The normalized spacial score (nSPS) is 51.7. The van der Waals surface area contributed by atoms with Crippen LogP contribution in [0.1, 0.15) is 0 Å². The van der Waals surface area contributed by atoms with E-state index in [2.05, 4.69) is 0 Å². The quantitative estimate of drug-likeness (QED) is 0.243. The second kappa shape index (κ2) is 7.63. The van der Waals surface area contributed by atoms with Gasteiger partial charge in [0.25, 0.3) is 0 Å². The first-order valence-electron chi connectivity index (χ1n) is 7.07. The third kappa shape index (κ3) is 3.81. The topological polar surface area (TPSA) is 190 Å². The summed E-state index contributed by atoms with van der Waals surface area (Å²) in [5.74, 6) is 0. The highest BCUT2D eigenvalue weighted by Crippen LogP contribution is 2.24. The van der Waals surface area contributed by atoms with Crippen LogP contribution >= 0.6 is 0 Å². The summed E-state index contributed by atoms with van der Waals surface area (Å²) in [6, 6.07) is 0. The molecule has 8 N–H and O–H groups in total. The maximum Gasteiger partial charge on any atom is 0.186 e. The number of ether oxygens (including phenoxy) is 3. The van der Waals surface area contributed by atoms with Crippen LogP contribution in [0.5, 0.6) is 0 Å². The van der Waals surface area contributed by atoms with Gasteiger partial charge in [-0.2, -0.15) is 0 Å². The van der Waals surface area contributed by atoms with Crippen LogP contribution in [0.4, 0.5) is 0 Å². The second-order valence-corrected chi connectivity index (χ2v) is 5.57. The number of aliphatic hydroxyl groups is 8. The standard InChI is InChI=1S/C12H22O11/c13-1-3-5(14)8(17)10(19)12(23-3)21-2-4-6(15)7(16)9(18)11(20)22-4/h3-20H,1-2H2/t3?,4?,5-,6+,7-,8-,9?,10?,11+,12-/m0/s1. The molecule has 0 aliphatic carbocycles. The lowest BCUT2D eigenvalue weighted by atomic mass is 9.98. The summed E-state index contributed by atoms with van der Waals surface area (Å²) >= 11 is 0. The molecule has 2 fully saturated rings. The fraction of sp³-hybridized carbons (Fsp3) is 1.00. The van der Waals surface area contributed by atoms with Gasteiger partial charge < -0.3 is 55.1 Å². The largest absolute Gasteiger partial charge is 0.394 e. The summed E-state index contributed by atoms with van der Waals surface area (Å²) in [4.78, 5) is 0. The Hall–Kier alpha value is -0.440. The SMILES string of the molecule is OCC1O[C@H](OCC2O[C@@H](O)C(O)[C@@H](O)[C@@H]2O)C(O)[C@@H](O)[C@H]1O. The number of hydrogen-bond acceptors (Lipinski definition) is 11. The van der Waals surface area contributed by atoms with Crippen LogP contribution in [-0.4, -0.2) is 115 Å². The Morgan fingerprint density at radius 2 is 1.22 bits per heavy atom. The van der Waals surface area contributed by atoms with Gasteiger partial charge in [0, 0.05) is 0 Å². The van der Waals surface area contributed by atoms with Crippen LogP contribution in [0.15, 0.2) is 0 Å². The van der Waals surface area contributed by atoms with Gasteiger partial charge in [-0.1, -0.05) is 0 Å². The molecule has 0 amide bonds. The van der Waals surface area contributed by atoms with E-state index in [1.807, 2.05) is 0 Å². The van der Waals surface area contributed by atoms with Crippen LogP contribution in [-0.2, 0) is 14.2 Å². The van der Waals surface area contributed by atoms with E-state index < -0.39 is 74.6 Å². The Kier molecular flexibility index (Phi) is 6.27. The van der Waals surface area contributed by atoms with Gasteiger partial charge in [0.05, 0.1) is 13.2 Å². The van der Waals surface area contributed by atoms with E-state index in [-0.39, 0.29) is 0 Å². The molecule has 0 saturated carbocycles. The third-order valence-corrected chi connectivity index (χ3v) is 3.96. The van der Waals surface area contributed by atoms with Crippen LogP contribution in [0.25, 0.3) is 0 Å². The average molecular weight is 342 g/mol. The molecule has 10 atom stereocenters. The fourth-order valence-corrected chi connectivity index (χ4v) is 2.46. The van der Waals surface area contributed by atoms with Gasteiger partial charge in [-0.15, -0.1) is 0 Å². The first kappa shape index (κ1) is 18.9. The fourth-order valence-electron chi connectivity index (χ4n) is 2.46. The molecule has 23 heavy (non-hydrogen) atoms. The molecule has 2 heterocycles. The molecule has 11 heteroatoms. The van der Waals surface area contributed by atoms with Crippen molar-refractivity contribution in [2.75, 3.05) is 13.2 Å². The van der Waals surface area contributed by atoms with Crippen molar-refractivity contribution < 1.29 is 55.1 Å². The first-order valence-corrected chi connectivity index (χ1v) is 7.07. The molecule has 0 aromatic carbocycles. The Bertz CT molecular complexity index is 380. The smallest absolute Gasteiger partial charge is 0.186 e. The number of rotatable bonds is 4. The molecule has 136 valence electrons. The zero-order valence-electron chi connectivity index (χ0n) is 12.0. The van der Waals surface area contributed by atoms with Gasteiger partial charge >= 0.3 is 0 Å². The Morgan fingerprint density at radius 1 is 0.652 bits per heavy atom. The average Bonchev–Trinajstić information content (AvgIpc) is 2.54. The number of hydrogen-bond donors (Lipinski definition) is 8. The van der Waals surface area contributed by atoms with E-state index in [0.29, 0.717) is 0 Å². The molecule has 11 nitrogen and oxygen atoms in total. The van der Waals surface area contributed by atoms with Crippen molar-refractivity contribution in [1.82, 2.24) is 0 Å². The molecule has 0 spiro atoms. The van der Waals surface area contributed by atoms with Gasteiger partial charge in [-0.25, -0.2) is 0 Å². The zero-order valence-corrected chi connectivity index (χ0v) is 12.0. The summed E-state index contributed by atoms with van der Waals surface area (Å²) in [7, 11) is 0. The monoisotopic (exact) mass is 342 g/mol. The van der Waals surface area contributed by atoms with E-state index >= 15 is 0 Å². The maximum atomic E-state index is 9.78. The Labute approximate surface area is 130 Å². The summed E-state index contributed by atoms with van der Waals surface area (Å²) < 4.78 is 15.1. The molecular weight excluding hydrogens is 320 g/mol. The lowest BCUT2D eigenvalue weighted by Crippen LogP contribution is -2.61. The minimum Gasteiger partial charge on any atom is -0.394 e. The van der Waals surface area contributed by atoms with Crippen molar-refractivity contribution in [3.05, 3.63) is 0 Å². The van der Waals surface area contributed by atoms with Crippen molar-refractivity contribution >= 4 is 0 Å². The van der Waals surface area contributed by atoms with Crippen LogP contribution < -0.4 is 0 Å². The summed E-state index contributed by atoms with van der Waals surface area (Å²) in [5, 5.41) is 76.1. The summed E-state index contributed by atoms with van der Waals surface area (Å²) in [6.07, 6.45) is -15.3. The minimum atomic E-state index is -1.74. The van der Waals surface area contributed by atoms with Gasteiger partial charge in [-0.05, 0) is 0 Å². The highest BCUT2D eigenvalue weighted by atomic mass is 16.7. The van der Waals surface area contributed by atoms with Crippen molar-refractivity contribution in [2.45, 2.75) is 61.4 Å². The molecular formula is C12H22O11. The highest BCUT2D eigenvalue weighted by Gasteiger charge is 2.46. The maximum absolute atomic E-state index is 9.78. The molecule has 4 unspecified atom stereocenters.